The summed E-state index contributed by atoms with van der Waals surface area (Å²) >= 11 is 0. The van der Waals surface area contributed by atoms with Gasteiger partial charge in [-0.05, 0) is 31.5 Å². The zero-order valence-corrected chi connectivity index (χ0v) is 14.0. The monoisotopic (exact) mass is 328 g/mol. The lowest BCUT2D eigenvalue weighted by atomic mass is 10.1. The molecule has 2 aromatic rings. The molecule has 0 spiro atoms. The summed E-state index contributed by atoms with van der Waals surface area (Å²) in [7, 11) is 0. The third kappa shape index (κ3) is 4.14. The van der Waals surface area contributed by atoms with Crippen LogP contribution in [-0.4, -0.2) is 42.0 Å². The van der Waals surface area contributed by atoms with E-state index in [1.54, 1.807) is 12.1 Å². The Morgan fingerprint density at radius 2 is 1.92 bits per heavy atom. The number of halogens is 1. The molecule has 5 nitrogen and oxygen atoms in total. The minimum Gasteiger partial charge on any atom is -0.378 e. The van der Waals surface area contributed by atoms with Crippen molar-refractivity contribution >= 4 is 11.5 Å². The molecule has 126 valence electrons. The first-order chi connectivity index (χ1) is 11.6. The van der Waals surface area contributed by atoms with Crippen molar-refractivity contribution in [1.82, 2.24) is 9.97 Å². The van der Waals surface area contributed by atoms with Crippen molar-refractivity contribution in [2.75, 3.05) is 31.2 Å². The molecule has 0 unspecified atom stereocenters. The lowest BCUT2D eigenvalue weighted by Crippen LogP contribution is -2.37. The van der Waals surface area contributed by atoms with Crippen LogP contribution in [-0.2, 0) is 11.3 Å². The normalized spacial score (nSPS) is 15.6. The van der Waals surface area contributed by atoms with Crippen LogP contribution in [0.2, 0.25) is 0 Å². The van der Waals surface area contributed by atoms with Crippen LogP contribution in [0.3, 0.4) is 0 Å². The van der Waals surface area contributed by atoms with E-state index in [0.29, 0.717) is 6.54 Å². The number of aromatic nitrogens is 2. The van der Waals surface area contributed by atoms with E-state index >= 15 is 0 Å². The quantitative estimate of drug-likeness (QED) is 0.810. The molecule has 1 aliphatic heterocycles. The molecule has 6 heteroatoms. The first-order valence-corrected chi connectivity index (χ1v) is 8.06. The Kier molecular flexibility index (Phi) is 5.15. The number of morpholine rings is 1. The summed E-state index contributed by atoms with van der Waals surface area (Å²) in [6.45, 7) is 7.42. The fourth-order valence-corrected chi connectivity index (χ4v) is 2.63. The number of rotatable bonds is 4. The number of ether oxygens (including phenoxy) is 1. The van der Waals surface area contributed by atoms with Crippen LogP contribution in [0.4, 0.5) is 10.2 Å². The maximum absolute atomic E-state index is 13.0. The van der Waals surface area contributed by atoms with Gasteiger partial charge in [0.25, 0.3) is 0 Å². The highest BCUT2D eigenvalue weighted by atomic mass is 19.1. The Bertz CT molecular complexity index is 724. The first-order valence-electron chi connectivity index (χ1n) is 8.06. The van der Waals surface area contributed by atoms with Crippen LogP contribution in [0.5, 0.6) is 0 Å². The van der Waals surface area contributed by atoms with Gasteiger partial charge in [0.2, 0.25) is 0 Å². The van der Waals surface area contributed by atoms with Gasteiger partial charge in [-0.3, -0.25) is 4.99 Å². The van der Waals surface area contributed by atoms with E-state index in [1.807, 2.05) is 19.9 Å². The van der Waals surface area contributed by atoms with Crippen LogP contribution in [0.25, 0.3) is 0 Å². The molecule has 0 amide bonds. The summed E-state index contributed by atoms with van der Waals surface area (Å²) in [5.74, 6) is 1.42. The SMILES string of the molecule is CC(=NCc1cc(N2CCOCC2)nc(C)n1)c1ccc(F)cc1. The minimum atomic E-state index is -0.242. The highest BCUT2D eigenvalue weighted by molar-refractivity contribution is 5.98. The zero-order valence-electron chi connectivity index (χ0n) is 14.0. The fraction of sp³-hybridized carbons (Fsp3) is 0.389. The van der Waals surface area contributed by atoms with E-state index in [0.717, 1.165) is 54.9 Å². The lowest BCUT2D eigenvalue weighted by molar-refractivity contribution is 0.122. The van der Waals surface area contributed by atoms with E-state index in [9.17, 15) is 4.39 Å². The molecule has 1 saturated heterocycles. The number of aliphatic imine (C=N–C) groups is 1. The minimum absolute atomic E-state index is 0.242. The number of anilines is 1. The third-order valence-electron chi connectivity index (χ3n) is 3.95. The summed E-state index contributed by atoms with van der Waals surface area (Å²) in [6.07, 6.45) is 0. The summed E-state index contributed by atoms with van der Waals surface area (Å²) in [6, 6.07) is 8.34. The molecule has 1 aromatic heterocycles. The molecular formula is C18H21FN4O. The van der Waals surface area contributed by atoms with Gasteiger partial charge in [0.1, 0.15) is 17.5 Å². The molecule has 1 fully saturated rings. The van der Waals surface area contributed by atoms with E-state index in [1.165, 1.54) is 12.1 Å². The molecule has 0 atom stereocenters. The topological polar surface area (TPSA) is 50.6 Å². The van der Waals surface area contributed by atoms with Crippen LogP contribution < -0.4 is 4.90 Å². The van der Waals surface area contributed by atoms with Gasteiger partial charge < -0.3 is 9.64 Å². The second-order valence-corrected chi connectivity index (χ2v) is 5.77. The molecule has 0 saturated carbocycles. The summed E-state index contributed by atoms with van der Waals surface area (Å²) in [5, 5.41) is 0. The average Bonchev–Trinajstić information content (AvgIpc) is 2.60. The van der Waals surface area contributed by atoms with Crippen LogP contribution in [0.1, 0.15) is 24.0 Å². The van der Waals surface area contributed by atoms with Crippen LogP contribution in [0.15, 0.2) is 35.3 Å². The lowest BCUT2D eigenvalue weighted by Gasteiger charge is -2.28. The predicted octanol–water partition coefficient (Wildman–Crippen LogP) is 2.77. The standard InChI is InChI=1S/C18H21FN4O/c1-13(15-3-5-16(19)6-4-15)20-12-17-11-18(22-14(2)21-17)23-7-9-24-10-8-23/h3-6,11H,7-10,12H2,1-2H3. The Hall–Kier alpha value is -2.34. The van der Waals surface area contributed by atoms with Crippen LogP contribution in [0, 0.1) is 12.7 Å². The number of hydrogen-bond acceptors (Lipinski definition) is 5. The molecule has 0 bridgehead atoms. The van der Waals surface area contributed by atoms with Crippen molar-refractivity contribution in [1.29, 1.82) is 0 Å². The molecule has 2 heterocycles. The highest BCUT2D eigenvalue weighted by Gasteiger charge is 2.14. The highest BCUT2D eigenvalue weighted by Crippen LogP contribution is 2.15. The molecule has 0 radical (unpaired) electrons. The van der Waals surface area contributed by atoms with Crippen molar-refractivity contribution in [2.24, 2.45) is 4.99 Å². The average molecular weight is 328 g/mol. The van der Waals surface area contributed by atoms with E-state index in [4.69, 9.17) is 4.74 Å². The van der Waals surface area contributed by atoms with Crippen molar-refractivity contribution < 1.29 is 9.13 Å². The summed E-state index contributed by atoms with van der Waals surface area (Å²) in [5.41, 5.74) is 2.65. The van der Waals surface area contributed by atoms with Gasteiger partial charge >= 0.3 is 0 Å². The van der Waals surface area contributed by atoms with Gasteiger partial charge in [0.05, 0.1) is 25.5 Å². The second-order valence-electron chi connectivity index (χ2n) is 5.77. The smallest absolute Gasteiger partial charge is 0.132 e. The second kappa shape index (κ2) is 7.49. The van der Waals surface area contributed by atoms with Gasteiger partial charge in [-0.15, -0.1) is 0 Å². The maximum Gasteiger partial charge on any atom is 0.132 e. The largest absolute Gasteiger partial charge is 0.378 e. The summed E-state index contributed by atoms with van der Waals surface area (Å²) in [4.78, 5) is 15.8. The number of nitrogens with zero attached hydrogens (tertiary/aromatic N) is 4. The molecule has 1 aromatic carbocycles. The molecule has 24 heavy (non-hydrogen) atoms. The van der Waals surface area contributed by atoms with Gasteiger partial charge in [-0.2, -0.15) is 0 Å². The predicted molar refractivity (Wildman–Crippen MR) is 92.1 cm³/mol. The number of aryl methyl sites for hydroxylation is 1. The fourth-order valence-electron chi connectivity index (χ4n) is 2.63. The molecule has 0 N–H and O–H groups in total. The Morgan fingerprint density at radius 1 is 1.21 bits per heavy atom. The van der Waals surface area contributed by atoms with Crippen LogP contribution >= 0.6 is 0 Å². The van der Waals surface area contributed by atoms with Gasteiger partial charge in [0, 0.05) is 24.9 Å². The Balaban J connectivity index is 1.75. The van der Waals surface area contributed by atoms with Crippen molar-refractivity contribution in [2.45, 2.75) is 20.4 Å². The van der Waals surface area contributed by atoms with Gasteiger partial charge in [0.15, 0.2) is 0 Å². The molecule has 3 rings (SSSR count). The van der Waals surface area contributed by atoms with Crippen molar-refractivity contribution in [3.63, 3.8) is 0 Å². The molecule has 0 aliphatic carbocycles. The number of benzene rings is 1. The molecular weight excluding hydrogens is 307 g/mol. The third-order valence-corrected chi connectivity index (χ3v) is 3.95. The van der Waals surface area contributed by atoms with Crippen molar-refractivity contribution in [3.05, 3.63) is 53.2 Å². The van der Waals surface area contributed by atoms with Gasteiger partial charge in [-0.25, -0.2) is 14.4 Å². The van der Waals surface area contributed by atoms with E-state index < -0.39 is 0 Å². The molecule has 1 aliphatic rings. The van der Waals surface area contributed by atoms with E-state index in [2.05, 4.69) is 19.9 Å². The Labute approximate surface area is 141 Å². The first kappa shape index (κ1) is 16.5. The van der Waals surface area contributed by atoms with Gasteiger partial charge in [-0.1, -0.05) is 12.1 Å². The zero-order chi connectivity index (χ0) is 16.9. The summed E-state index contributed by atoms with van der Waals surface area (Å²) < 4.78 is 18.4. The van der Waals surface area contributed by atoms with E-state index in [-0.39, 0.29) is 5.82 Å². The Morgan fingerprint density at radius 3 is 2.62 bits per heavy atom. The number of hydrogen-bond donors (Lipinski definition) is 0. The maximum atomic E-state index is 13.0. The van der Waals surface area contributed by atoms with Crippen molar-refractivity contribution in [3.8, 4) is 0 Å².